The van der Waals surface area contributed by atoms with Crippen molar-refractivity contribution in [1.82, 2.24) is 4.98 Å². The Balaban J connectivity index is 2.95. The number of hydrogen-bond donors (Lipinski definition) is 1. The Kier molecular flexibility index (Phi) is 3.00. The summed E-state index contributed by atoms with van der Waals surface area (Å²) in [5.74, 6) is -0.0151. The first kappa shape index (κ1) is 9.42. The number of hydrogen-bond acceptors (Lipinski definition) is 2. The van der Waals surface area contributed by atoms with Gasteiger partial charge in [-0.05, 0) is 12.1 Å². The molecule has 64 valence electrons. The molecule has 1 aromatic heterocycles. The number of halogens is 1. The summed E-state index contributed by atoms with van der Waals surface area (Å²) in [6, 6.07) is 3.49. The largest absolute Gasteiger partial charge is 0.393 e. The molecule has 0 aliphatic rings. The van der Waals surface area contributed by atoms with E-state index in [0.29, 0.717) is 10.0 Å². The predicted octanol–water partition coefficient (Wildman–Crippen LogP) is 2.12. The molecule has 0 aromatic carbocycles. The summed E-state index contributed by atoms with van der Waals surface area (Å²) in [6.07, 6.45) is 1.65. The van der Waals surface area contributed by atoms with E-state index in [1.165, 1.54) is 0 Å². The Morgan fingerprint density at radius 1 is 1.75 bits per heavy atom. The van der Waals surface area contributed by atoms with Crippen LogP contribution in [0, 0.1) is 0 Å². The van der Waals surface area contributed by atoms with Gasteiger partial charge in [0.25, 0.3) is 0 Å². The third-order valence-corrected chi connectivity index (χ3v) is 2.20. The molecule has 0 fully saturated rings. The second-order valence-corrected chi connectivity index (χ2v) is 3.43. The zero-order chi connectivity index (χ0) is 9.14. The number of nitrogens with two attached hydrogens (primary N) is 1. The predicted molar refractivity (Wildman–Crippen MR) is 54.4 cm³/mol. The van der Waals surface area contributed by atoms with E-state index in [-0.39, 0.29) is 5.92 Å². The van der Waals surface area contributed by atoms with E-state index in [4.69, 9.17) is 29.6 Å². The molecular formula is C8H9ClN2S. The smallest absolute Gasteiger partial charge is 0.0816 e. The van der Waals surface area contributed by atoms with E-state index >= 15 is 0 Å². The van der Waals surface area contributed by atoms with Crippen LogP contribution >= 0.6 is 23.8 Å². The number of pyridine rings is 1. The van der Waals surface area contributed by atoms with Crippen molar-refractivity contribution >= 4 is 28.8 Å². The quantitative estimate of drug-likeness (QED) is 0.744. The average Bonchev–Trinajstić information content (AvgIpc) is 2.03. The number of thiocarbonyl (C=S) groups is 1. The van der Waals surface area contributed by atoms with Crippen molar-refractivity contribution in [3.05, 3.63) is 29.0 Å². The van der Waals surface area contributed by atoms with Crippen molar-refractivity contribution in [2.45, 2.75) is 12.8 Å². The molecule has 1 atom stereocenters. The molecular weight excluding hydrogens is 192 g/mol. The summed E-state index contributed by atoms with van der Waals surface area (Å²) in [5.41, 5.74) is 6.28. The van der Waals surface area contributed by atoms with Crippen LogP contribution in [0.1, 0.15) is 18.5 Å². The first-order valence-corrected chi connectivity index (χ1v) is 4.30. The van der Waals surface area contributed by atoms with Gasteiger partial charge in [-0.25, -0.2) is 0 Å². The Morgan fingerprint density at radius 3 is 2.92 bits per heavy atom. The lowest BCUT2D eigenvalue weighted by molar-refractivity contribution is 0.954. The van der Waals surface area contributed by atoms with Gasteiger partial charge < -0.3 is 5.73 Å². The van der Waals surface area contributed by atoms with Gasteiger partial charge in [-0.1, -0.05) is 30.7 Å². The van der Waals surface area contributed by atoms with Crippen LogP contribution in [-0.2, 0) is 0 Å². The molecule has 2 N–H and O–H groups in total. The lowest BCUT2D eigenvalue weighted by Gasteiger charge is -2.07. The van der Waals surface area contributed by atoms with Gasteiger partial charge in [0.05, 0.1) is 10.7 Å². The van der Waals surface area contributed by atoms with Crippen molar-refractivity contribution in [3.63, 3.8) is 0 Å². The van der Waals surface area contributed by atoms with E-state index in [9.17, 15) is 0 Å². The molecule has 0 aliphatic heterocycles. The van der Waals surface area contributed by atoms with Crippen molar-refractivity contribution in [3.8, 4) is 0 Å². The summed E-state index contributed by atoms with van der Waals surface area (Å²) in [5, 5.41) is 0.656. The zero-order valence-electron chi connectivity index (χ0n) is 6.62. The topological polar surface area (TPSA) is 38.9 Å². The highest BCUT2D eigenvalue weighted by Gasteiger charge is 2.09. The van der Waals surface area contributed by atoms with Gasteiger partial charge >= 0.3 is 0 Å². The Bertz CT molecular complexity index is 301. The molecule has 12 heavy (non-hydrogen) atoms. The summed E-state index contributed by atoms with van der Waals surface area (Å²) in [6.45, 7) is 1.90. The molecule has 1 aromatic rings. The van der Waals surface area contributed by atoms with Crippen molar-refractivity contribution in [2.24, 2.45) is 5.73 Å². The fraction of sp³-hybridized carbons (Fsp3) is 0.250. The zero-order valence-corrected chi connectivity index (χ0v) is 8.19. The minimum atomic E-state index is -0.0151. The molecule has 0 saturated heterocycles. The summed E-state index contributed by atoms with van der Waals surface area (Å²) < 4.78 is 0. The summed E-state index contributed by atoms with van der Waals surface area (Å²) in [4.78, 5) is 4.54. The molecule has 0 saturated carbocycles. The van der Waals surface area contributed by atoms with Gasteiger partial charge in [0, 0.05) is 17.1 Å². The van der Waals surface area contributed by atoms with Crippen LogP contribution in [0.3, 0.4) is 0 Å². The lowest BCUT2D eigenvalue weighted by atomic mass is 10.1. The summed E-state index contributed by atoms with van der Waals surface area (Å²) in [7, 11) is 0. The van der Waals surface area contributed by atoms with E-state index in [2.05, 4.69) is 4.98 Å². The molecule has 2 nitrogen and oxygen atoms in total. The molecule has 1 heterocycles. The van der Waals surface area contributed by atoms with E-state index in [0.717, 1.165) is 5.69 Å². The van der Waals surface area contributed by atoms with Crippen molar-refractivity contribution in [1.29, 1.82) is 0 Å². The maximum absolute atomic E-state index is 5.77. The van der Waals surface area contributed by atoms with Crippen LogP contribution in [-0.4, -0.2) is 9.97 Å². The number of aromatic nitrogens is 1. The third-order valence-electron chi connectivity index (χ3n) is 1.61. The average molecular weight is 201 g/mol. The molecule has 0 radical (unpaired) electrons. The highest BCUT2D eigenvalue weighted by Crippen LogP contribution is 2.16. The second-order valence-electron chi connectivity index (χ2n) is 2.52. The minimum absolute atomic E-state index is 0.0151. The van der Waals surface area contributed by atoms with Crippen LogP contribution in [0.25, 0.3) is 0 Å². The minimum Gasteiger partial charge on any atom is -0.393 e. The van der Waals surface area contributed by atoms with Crippen LogP contribution in [0.15, 0.2) is 18.3 Å². The Morgan fingerprint density at radius 2 is 2.42 bits per heavy atom. The SMILES string of the molecule is CC(C(N)=S)c1cc(Cl)ccn1. The van der Waals surface area contributed by atoms with Crippen molar-refractivity contribution in [2.75, 3.05) is 0 Å². The fourth-order valence-electron chi connectivity index (χ4n) is 0.804. The van der Waals surface area contributed by atoms with Crippen LogP contribution in [0.4, 0.5) is 0 Å². The normalized spacial score (nSPS) is 12.5. The van der Waals surface area contributed by atoms with Crippen LogP contribution in [0.2, 0.25) is 5.02 Å². The van der Waals surface area contributed by atoms with Gasteiger partial charge in [-0.3, -0.25) is 4.98 Å². The molecule has 1 rings (SSSR count). The molecule has 0 aliphatic carbocycles. The van der Waals surface area contributed by atoms with E-state index in [1.54, 1.807) is 18.3 Å². The van der Waals surface area contributed by atoms with Crippen LogP contribution in [0.5, 0.6) is 0 Å². The number of nitrogens with zero attached hydrogens (tertiary/aromatic N) is 1. The van der Waals surface area contributed by atoms with Gasteiger partial charge in [-0.2, -0.15) is 0 Å². The van der Waals surface area contributed by atoms with Crippen LogP contribution < -0.4 is 5.73 Å². The highest BCUT2D eigenvalue weighted by atomic mass is 35.5. The van der Waals surface area contributed by atoms with E-state index in [1.807, 2.05) is 6.92 Å². The molecule has 1 unspecified atom stereocenters. The maximum Gasteiger partial charge on any atom is 0.0816 e. The summed E-state index contributed by atoms with van der Waals surface area (Å²) >= 11 is 10.6. The van der Waals surface area contributed by atoms with Gasteiger partial charge in [0.1, 0.15) is 0 Å². The highest BCUT2D eigenvalue weighted by molar-refractivity contribution is 7.80. The lowest BCUT2D eigenvalue weighted by Crippen LogP contribution is -2.17. The molecule has 0 amide bonds. The standard InChI is InChI=1S/C8H9ClN2S/c1-5(8(10)12)7-4-6(9)2-3-11-7/h2-5H,1H3,(H2,10,12). The second kappa shape index (κ2) is 3.83. The monoisotopic (exact) mass is 200 g/mol. The molecule has 0 bridgehead atoms. The van der Waals surface area contributed by atoms with Gasteiger partial charge in [0.15, 0.2) is 0 Å². The number of rotatable bonds is 2. The molecule has 4 heteroatoms. The fourth-order valence-corrected chi connectivity index (χ4v) is 1.09. The Labute approximate surface area is 81.7 Å². The Hall–Kier alpha value is -0.670. The molecule has 0 spiro atoms. The van der Waals surface area contributed by atoms with Gasteiger partial charge in [-0.15, -0.1) is 0 Å². The van der Waals surface area contributed by atoms with E-state index < -0.39 is 0 Å². The first-order valence-electron chi connectivity index (χ1n) is 3.52. The maximum atomic E-state index is 5.77. The van der Waals surface area contributed by atoms with Gasteiger partial charge in [0.2, 0.25) is 0 Å². The van der Waals surface area contributed by atoms with Crippen molar-refractivity contribution < 1.29 is 0 Å². The first-order chi connectivity index (χ1) is 5.61. The third kappa shape index (κ3) is 2.16.